The van der Waals surface area contributed by atoms with Gasteiger partial charge in [-0.05, 0) is 36.1 Å². The molecule has 0 aliphatic rings. The van der Waals surface area contributed by atoms with E-state index < -0.39 is 23.1 Å². The summed E-state index contributed by atoms with van der Waals surface area (Å²) in [5.41, 5.74) is -1.55. The number of rotatable bonds is 4. The quantitative estimate of drug-likeness (QED) is 0.741. The van der Waals surface area contributed by atoms with Crippen LogP contribution in [0.3, 0.4) is 0 Å². The maximum Gasteiger partial charge on any atom is 0.416 e. The highest BCUT2D eigenvalue weighted by molar-refractivity contribution is 7.09. The Morgan fingerprint density at radius 3 is 2.72 bits per heavy atom. The number of hydrogen-bond donors (Lipinski definition) is 2. The molecule has 1 amide bonds. The highest BCUT2D eigenvalue weighted by Gasteiger charge is 2.30. The number of aromatic nitrogens is 1. The van der Waals surface area contributed by atoms with Gasteiger partial charge in [0.05, 0.1) is 5.56 Å². The van der Waals surface area contributed by atoms with E-state index in [-0.39, 0.29) is 16.5 Å². The lowest BCUT2D eigenvalue weighted by Gasteiger charge is -2.09. The van der Waals surface area contributed by atoms with Gasteiger partial charge in [-0.2, -0.15) is 13.2 Å². The van der Waals surface area contributed by atoms with Crippen LogP contribution in [-0.2, 0) is 12.6 Å². The van der Waals surface area contributed by atoms with Gasteiger partial charge in [-0.15, -0.1) is 11.3 Å². The van der Waals surface area contributed by atoms with E-state index in [0.29, 0.717) is 13.0 Å². The lowest BCUT2D eigenvalue weighted by atomic mass is 10.1. The molecule has 0 saturated heterocycles. The number of alkyl halides is 3. The van der Waals surface area contributed by atoms with E-state index in [0.717, 1.165) is 29.3 Å². The van der Waals surface area contributed by atoms with Crippen LogP contribution in [0.5, 0.6) is 0 Å². The van der Waals surface area contributed by atoms with Gasteiger partial charge in [0, 0.05) is 28.5 Å². The number of carbonyl (C=O) groups excluding carboxylic acids is 1. The van der Waals surface area contributed by atoms with Crippen molar-refractivity contribution < 1.29 is 18.0 Å². The summed E-state index contributed by atoms with van der Waals surface area (Å²) < 4.78 is 38.2. The number of benzene rings is 1. The van der Waals surface area contributed by atoms with Crippen molar-refractivity contribution in [2.45, 2.75) is 12.6 Å². The first kappa shape index (κ1) is 17.2. The van der Waals surface area contributed by atoms with Gasteiger partial charge in [0.25, 0.3) is 5.91 Å². The number of halogens is 3. The molecule has 0 radical (unpaired) electrons. The number of H-pyrrole nitrogens is 1. The number of carbonyl (C=O) groups is 1. The third kappa shape index (κ3) is 3.74. The van der Waals surface area contributed by atoms with E-state index in [1.165, 1.54) is 0 Å². The van der Waals surface area contributed by atoms with Gasteiger partial charge < -0.3 is 10.3 Å². The Labute approximate surface area is 144 Å². The molecule has 0 atom stereocenters. The molecule has 2 heterocycles. The third-order valence-electron chi connectivity index (χ3n) is 3.69. The number of hydrogen-bond acceptors (Lipinski definition) is 3. The van der Waals surface area contributed by atoms with E-state index in [1.54, 1.807) is 11.3 Å². The van der Waals surface area contributed by atoms with Crippen molar-refractivity contribution in [1.29, 1.82) is 0 Å². The summed E-state index contributed by atoms with van der Waals surface area (Å²) in [7, 11) is 0. The monoisotopic (exact) mass is 366 g/mol. The fourth-order valence-electron chi connectivity index (χ4n) is 2.42. The first-order valence-corrected chi connectivity index (χ1v) is 8.27. The number of amides is 1. The van der Waals surface area contributed by atoms with Crippen LogP contribution in [0.2, 0.25) is 0 Å². The minimum Gasteiger partial charge on any atom is -0.360 e. The van der Waals surface area contributed by atoms with Crippen LogP contribution >= 0.6 is 11.3 Å². The molecule has 0 unspecified atom stereocenters. The maximum absolute atomic E-state index is 12.7. The maximum atomic E-state index is 12.7. The predicted molar refractivity (Wildman–Crippen MR) is 89.9 cm³/mol. The Bertz CT molecular complexity index is 962. The fraction of sp³-hybridized carbons (Fsp3) is 0.176. The Morgan fingerprint density at radius 2 is 2.04 bits per heavy atom. The van der Waals surface area contributed by atoms with Crippen molar-refractivity contribution in [3.8, 4) is 0 Å². The van der Waals surface area contributed by atoms with Crippen LogP contribution in [0, 0.1) is 0 Å². The Kier molecular flexibility index (Phi) is 4.63. The van der Waals surface area contributed by atoms with Crippen LogP contribution in [0.1, 0.15) is 20.8 Å². The summed E-state index contributed by atoms with van der Waals surface area (Å²) in [5.74, 6) is -0.556. The standard InChI is InChI=1S/C17H13F3N2O2S/c18-17(19,20)10-3-4-12-14(8-10)22-9-13(15(12)23)16(24)21-6-5-11-2-1-7-25-11/h1-4,7-9H,5-6H2,(H,21,24)(H,22,23). The molecule has 4 nitrogen and oxygen atoms in total. The molecule has 0 aliphatic carbocycles. The smallest absolute Gasteiger partial charge is 0.360 e. The van der Waals surface area contributed by atoms with E-state index >= 15 is 0 Å². The zero-order valence-corrected chi connectivity index (χ0v) is 13.6. The van der Waals surface area contributed by atoms with Crippen molar-refractivity contribution in [2.75, 3.05) is 6.54 Å². The van der Waals surface area contributed by atoms with Gasteiger partial charge in [-0.1, -0.05) is 6.07 Å². The summed E-state index contributed by atoms with van der Waals surface area (Å²) in [6, 6.07) is 6.62. The Morgan fingerprint density at radius 1 is 1.24 bits per heavy atom. The van der Waals surface area contributed by atoms with Gasteiger partial charge >= 0.3 is 6.18 Å². The molecule has 0 bridgehead atoms. The Balaban J connectivity index is 1.81. The molecule has 3 rings (SSSR count). The zero-order chi connectivity index (χ0) is 18.0. The molecule has 1 aromatic carbocycles. The molecule has 130 valence electrons. The predicted octanol–water partition coefficient (Wildman–Crippen LogP) is 3.58. The second-order valence-electron chi connectivity index (χ2n) is 5.37. The molecular formula is C17H13F3N2O2S. The molecule has 2 aromatic heterocycles. The summed E-state index contributed by atoms with van der Waals surface area (Å²) in [6.07, 6.45) is -2.71. The van der Waals surface area contributed by atoms with Crippen molar-refractivity contribution in [3.05, 3.63) is 68.1 Å². The fourth-order valence-corrected chi connectivity index (χ4v) is 3.13. The number of aromatic amines is 1. The summed E-state index contributed by atoms with van der Waals surface area (Å²) >= 11 is 1.57. The van der Waals surface area contributed by atoms with Crippen LogP contribution in [0.25, 0.3) is 10.9 Å². The highest BCUT2D eigenvalue weighted by Crippen LogP contribution is 2.30. The third-order valence-corrected chi connectivity index (χ3v) is 4.63. The van der Waals surface area contributed by atoms with Crippen molar-refractivity contribution in [1.82, 2.24) is 10.3 Å². The van der Waals surface area contributed by atoms with E-state index in [1.807, 2.05) is 17.5 Å². The molecule has 3 aromatic rings. The molecule has 25 heavy (non-hydrogen) atoms. The van der Waals surface area contributed by atoms with Crippen LogP contribution in [-0.4, -0.2) is 17.4 Å². The van der Waals surface area contributed by atoms with Crippen molar-refractivity contribution in [2.24, 2.45) is 0 Å². The van der Waals surface area contributed by atoms with Crippen molar-refractivity contribution >= 4 is 28.1 Å². The minimum atomic E-state index is -4.50. The van der Waals surface area contributed by atoms with Crippen LogP contribution in [0.15, 0.2) is 46.7 Å². The summed E-state index contributed by atoms with van der Waals surface area (Å²) in [6.45, 7) is 0.365. The molecule has 0 spiro atoms. The molecule has 2 N–H and O–H groups in total. The number of nitrogens with one attached hydrogen (secondary N) is 2. The topological polar surface area (TPSA) is 62.0 Å². The lowest BCUT2D eigenvalue weighted by molar-refractivity contribution is -0.137. The number of fused-ring (bicyclic) bond motifs is 1. The van der Waals surface area contributed by atoms with Gasteiger partial charge in [0.1, 0.15) is 5.56 Å². The van der Waals surface area contributed by atoms with Gasteiger partial charge in [-0.3, -0.25) is 9.59 Å². The first-order valence-electron chi connectivity index (χ1n) is 7.39. The second-order valence-corrected chi connectivity index (χ2v) is 6.41. The molecule has 0 aliphatic heterocycles. The second kappa shape index (κ2) is 6.72. The van der Waals surface area contributed by atoms with Gasteiger partial charge in [0.15, 0.2) is 0 Å². The van der Waals surface area contributed by atoms with Crippen LogP contribution < -0.4 is 10.7 Å². The SMILES string of the molecule is O=C(NCCc1cccs1)c1c[nH]c2cc(C(F)(F)F)ccc2c1=O. The average molecular weight is 366 g/mol. The Hall–Kier alpha value is -2.61. The number of pyridine rings is 1. The lowest BCUT2D eigenvalue weighted by Crippen LogP contribution is -2.30. The first-order chi connectivity index (χ1) is 11.9. The van der Waals surface area contributed by atoms with Crippen molar-refractivity contribution in [3.63, 3.8) is 0 Å². The number of thiophene rings is 1. The minimum absolute atomic E-state index is 0.0370. The van der Waals surface area contributed by atoms with E-state index in [4.69, 9.17) is 0 Å². The zero-order valence-electron chi connectivity index (χ0n) is 12.8. The highest BCUT2D eigenvalue weighted by atomic mass is 32.1. The molecule has 0 fully saturated rings. The normalized spacial score (nSPS) is 11.6. The largest absolute Gasteiger partial charge is 0.416 e. The molecule has 8 heteroatoms. The summed E-state index contributed by atoms with van der Waals surface area (Å²) in [5, 5.41) is 4.62. The molecule has 0 saturated carbocycles. The van der Waals surface area contributed by atoms with Gasteiger partial charge in [0.2, 0.25) is 5.43 Å². The van der Waals surface area contributed by atoms with E-state index in [9.17, 15) is 22.8 Å². The van der Waals surface area contributed by atoms with Gasteiger partial charge in [-0.25, -0.2) is 0 Å². The average Bonchev–Trinajstić information content (AvgIpc) is 3.07. The van der Waals surface area contributed by atoms with Crippen LogP contribution in [0.4, 0.5) is 13.2 Å². The molecular weight excluding hydrogens is 353 g/mol. The summed E-state index contributed by atoms with van der Waals surface area (Å²) in [4.78, 5) is 28.2. The van der Waals surface area contributed by atoms with E-state index in [2.05, 4.69) is 10.3 Å².